The number of carbonyl (C=O) groups excluding carboxylic acids is 1. The number of aromatic hydroxyl groups is 1. The van der Waals surface area contributed by atoms with E-state index in [9.17, 15) is 9.90 Å². The van der Waals surface area contributed by atoms with E-state index in [1.807, 2.05) is 7.05 Å². The van der Waals surface area contributed by atoms with Crippen LogP contribution in [0.3, 0.4) is 0 Å². The lowest BCUT2D eigenvalue weighted by Crippen LogP contribution is -2.33. The predicted molar refractivity (Wildman–Crippen MR) is 80.6 cm³/mol. The largest absolute Gasteiger partial charge is 0.507 e. The molecular formula is C17H23NO3. The van der Waals surface area contributed by atoms with Crippen LogP contribution in [0, 0.1) is 17.8 Å². The van der Waals surface area contributed by atoms with Crippen molar-refractivity contribution in [3.05, 3.63) is 23.8 Å². The molecule has 3 atom stereocenters. The number of phenols is 1. The first-order valence-electron chi connectivity index (χ1n) is 7.71. The molecule has 1 aromatic carbocycles. The Bertz CT molecular complexity index is 543. The fourth-order valence-electron chi connectivity index (χ4n) is 4.05. The van der Waals surface area contributed by atoms with Gasteiger partial charge in [-0.1, -0.05) is 6.42 Å². The Labute approximate surface area is 125 Å². The Balaban J connectivity index is 1.69. The van der Waals surface area contributed by atoms with Crippen molar-refractivity contribution >= 4 is 5.91 Å². The molecule has 2 bridgehead atoms. The third-order valence-electron chi connectivity index (χ3n) is 5.17. The van der Waals surface area contributed by atoms with Crippen molar-refractivity contribution in [3.8, 4) is 11.5 Å². The summed E-state index contributed by atoms with van der Waals surface area (Å²) in [6.45, 7) is 0.788. The summed E-state index contributed by atoms with van der Waals surface area (Å²) >= 11 is 0. The summed E-state index contributed by atoms with van der Waals surface area (Å²) in [7, 11) is 3.38. The number of carbonyl (C=O) groups is 1. The molecule has 1 aromatic rings. The summed E-state index contributed by atoms with van der Waals surface area (Å²) in [6.07, 6.45) is 5.29. The van der Waals surface area contributed by atoms with Gasteiger partial charge in [-0.2, -0.15) is 0 Å². The van der Waals surface area contributed by atoms with Crippen molar-refractivity contribution in [2.45, 2.75) is 25.7 Å². The lowest BCUT2D eigenvalue weighted by molar-refractivity contribution is 0.0751. The zero-order valence-corrected chi connectivity index (χ0v) is 12.7. The number of hydrogen-bond donors (Lipinski definition) is 1. The lowest BCUT2D eigenvalue weighted by Gasteiger charge is -2.27. The summed E-state index contributed by atoms with van der Waals surface area (Å²) in [5.41, 5.74) is 0.319. The van der Waals surface area contributed by atoms with Gasteiger partial charge in [0.25, 0.3) is 5.91 Å². The minimum Gasteiger partial charge on any atom is -0.507 e. The second-order valence-electron chi connectivity index (χ2n) is 6.50. The third-order valence-corrected chi connectivity index (χ3v) is 5.17. The summed E-state index contributed by atoms with van der Waals surface area (Å²) in [4.78, 5) is 14.3. The van der Waals surface area contributed by atoms with Gasteiger partial charge in [0.1, 0.15) is 11.5 Å². The molecular weight excluding hydrogens is 266 g/mol. The van der Waals surface area contributed by atoms with E-state index in [-0.39, 0.29) is 11.7 Å². The van der Waals surface area contributed by atoms with Crippen LogP contribution in [0.2, 0.25) is 0 Å². The fraction of sp³-hybridized carbons (Fsp3) is 0.588. The van der Waals surface area contributed by atoms with Gasteiger partial charge >= 0.3 is 0 Å². The van der Waals surface area contributed by atoms with Gasteiger partial charge in [0.15, 0.2) is 0 Å². The number of methoxy groups -OCH3 is 1. The second kappa shape index (κ2) is 5.58. The molecule has 4 heteroatoms. The normalized spacial score (nSPS) is 26.9. The highest BCUT2D eigenvalue weighted by atomic mass is 16.5. The van der Waals surface area contributed by atoms with Crippen LogP contribution in [-0.2, 0) is 0 Å². The topological polar surface area (TPSA) is 49.8 Å². The first kappa shape index (κ1) is 14.2. The number of fused-ring (bicyclic) bond motifs is 2. The van der Waals surface area contributed by atoms with E-state index < -0.39 is 0 Å². The van der Waals surface area contributed by atoms with Gasteiger partial charge in [0, 0.05) is 13.6 Å². The highest BCUT2D eigenvalue weighted by Gasteiger charge is 2.40. The number of phenolic OH excluding ortho intramolecular Hbond substituents is 1. The van der Waals surface area contributed by atoms with E-state index in [1.54, 1.807) is 24.1 Å². The zero-order chi connectivity index (χ0) is 15.0. The number of hydrogen-bond acceptors (Lipinski definition) is 3. The van der Waals surface area contributed by atoms with Crippen LogP contribution in [0.4, 0.5) is 0 Å². The standard InChI is InChI=1S/C17H23NO3/c1-18(10-13-8-11-3-4-12(13)7-11)17(20)15-9-14(21-2)5-6-16(15)19/h5-6,9,11-13,19H,3-4,7-8,10H2,1-2H3. The maximum atomic E-state index is 12.5. The van der Waals surface area contributed by atoms with Gasteiger partial charge in [-0.15, -0.1) is 0 Å². The molecule has 0 spiro atoms. The Kier molecular flexibility index (Phi) is 3.79. The van der Waals surface area contributed by atoms with E-state index in [1.165, 1.54) is 31.7 Å². The first-order chi connectivity index (χ1) is 10.1. The van der Waals surface area contributed by atoms with Gasteiger partial charge in [0.05, 0.1) is 12.7 Å². The molecule has 2 aliphatic carbocycles. The molecule has 2 aliphatic rings. The van der Waals surface area contributed by atoms with Crippen molar-refractivity contribution in [2.24, 2.45) is 17.8 Å². The van der Waals surface area contributed by atoms with E-state index >= 15 is 0 Å². The first-order valence-corrected chi connectivity index (χ1v) is 7.71. The predicted octanol–water partition coefficient (Wildman–Crippen LogP) is 2.91. The molecule has 1 amide bonds. The molecule has 3 unspecified atom stereocenters. The van der Waals surface area contributed by atoms with E-state index in [0.29, 0.717) is 17.2 Å². The summed E-state index contributed by atoms with van der Waals surface area (Å²) < 4.78 is 5.13. The number of rotatable bonds is 4. The molecule has 2 fully saturated rings. The minimum atomic E-state index is -0.130. The summed E-state index contributed by atoms with van der Waals surface area (Å²) in [5.74, 6) is 2.78. The highest BCUT2D eigenvalue weighted by Crippen LogP contribution is 2.48. The van der Waals surface area contributed by atoms with Crippen LogP contribution in [0.15, 0.2) is 18.2 Å². The quantitative estimate of drug-likeness (QED) is 0.927. The monoisotopic (exact) mass is 289 g/mol. The van der Waals surface area contributed by atoms with Crippen molar-refractivity contribution < 1.29 is 14.6 Å². The van der Waals surface area contributed by atoms with Crippen LogP contribution in [0.1, 0.15) is 36.0 Å². The van der Waals surface area contributed by atoms with Gasteiger partial charge in [-0.05, 0) is 55.2 Å². The van der Waals surface area contributed by atoms with E-state index in [2.05, 4.69) is 0 Å². The van der Waals surface area contributed by atoms with Crippen LogP contribution in [-0.4, -0.2) is 36.6 Å². The second-order valence-corrected chi connectivity index (χ2v) is 6.50. The molecule has 0 aromatic heterocycles. The molecule has 0 aliphatic heterocycles. The maximum Gasteiger partial charge on any atom is 0.257 e. The Morgan fingerprint density at radius 1 is 1.38 bits per heavy atom. The number of benzene rings is 1. The number of amides is 1. The summed E-state index contributed by atoms with van der Waals surface area (Å²) in [6, 6.07) is 4.77. The molecule has 0 radical (unpaired) electrons. The van der Waals surface area contributed by atoms with Crippen molar-refractivity contribution in [1.82, 2.24) is 4.90 Å². The molecule has 0 saturated heterocycles. The molecule has 0 heterocycles. The molecule has 1 N–H and O–H groups in total. The highest BCUT2D eigenvalue weighted by molar-refractivity contribution is 5.97. The zero-order valence-electron chi connectivity index (χ0n) is 12.7. The van der Waals surface area contributed by atoms with Crippen molar-refractivity contribution in [3.63, 3.8) is 0 Å². The molecule has 4 nitrogen and oxygen atoms in total. The van der Waals surface area contributed by atoms with Crippen LogP contribution < -0.4 is 4.74 Å². The summed E-state index contributed by atoms with van der Waals surface area (Å²) in [5, 5.41) is 9.91. The van der Waals surface area contributed by atoms with E-state index in [0.717, 1.165) is 18.4 Å². The van der Waals surface area contributed by atoms with Gasteiger partial charge in [-0.3, -0.25) is 4.79 Å². The Hall–Kier alpha value is -1.71. The Morgan fingerprint density at radius 2 is 2.19 bits per heavy atom. The van der Waals surface area contributed by atoms with Gasteiger partial charge < -0.3 is 14.7 Å². The minimum absolute atomic E-state index is 0.0144. The molecule has 2 saturated carbocycles. The van der Waals surface area contributed by atoms with Crippen molar-refractivity contribution in [2.75, 3.05) is 20.7 Å². The number of nitrogens with zero attached hydrogens (tertiary/aromatic N) is 1. The van der Waals surface area contributed by atoms with Crippen LogP contribution >= 0.6 is 0 Å². The van der Waals surface area contributed by atoms with Gasteiger partial charge in [-0.25, -0.2) is 0 Å². The van der Waals surface area contributed by atoms with Crippen molar-refractivity contribution in [1.29, 1.82) is 0 Å². The van der Waals surface area contributed by atoms with Crippen LogP contribution in [0.5, 0.6) is 11.5 Å². The average molecular weight is 289 g/mol. The fourth-order valence-corrected chi connectivity index (χ4v) is 4.05. The van der Waals surface area contributed by atoms with E-state index in [4.69, 9.17) is 4.74 Å². The van der Waals surface area contributed by atoms with Crippen LogP contribution in [0.25, 0.3) is 0 Å². The molecule has 3 rings (SSSR count). The lowest BCUT2D eigenvalue weighted by atomic mass is 9.88. The number of ether oxygens (including phenoxy) is 1. The Morgan fingerprint density at radius 3 is 2.81 bits per heavy atom. The molecule has 21 heavy (non-hydrogen) atoms. The van der Waals surface area contributed by atoms with Gasteiger partial charge in [0.2, 0.25) is 0 Å². The SMILES string of the molecule is COc1ccc(O)c(C(=O)N(C)CC2CC3CCC2C3)c1. The maximum absolute atomic E-state index is 12.5. The smallest absolute Gasteiger partial charge is 0.257 e. The third kappa shape index (κ3) is 2.71. The molecule has 114 valence electrons. The average Bonchev–Trinajstić information content (AvgIpc) is 3.09.